The quantitative estimate of drug-likeness (QED) is 0.610. The summed E-state index contributed by atoms with van der Waals surface area (Å²) in [6.45, 7) is 5.96. The van der Waals surface area contributed by atoms with Crippen LogP contribution in [0.1, 0.15) is 13.8 Å². The summed E-state index contributed by atoms with van der Waals surface area (Å²) in [7, 11) is 0. The SMILES string of the molecule is C#CCn1ncc(Cl)c(NCCOCC(C)C)c1=O. The Morgan fingerprint density at radius 3 is 3.00 bits per heavy atom. The number of terminal acetylenes is 1. The number of nitrogens with one attached hydrogen (secondary N) is 1. The standard InChI is InChI=1S/C13H18ClN3O2/c1-4-6-17-13(18)12(11(14)8-16-17)15-5-7-19-9-10(2)3/h1,8,10,15H,5-7,9H2,2-3H3. The summed E-state index contributed by atoms with van der Waals surface area (Å²) in [6, 6.07) is 0. The van der Waals surface area contributed by atoms with Crippen molar-refractivity contribution >= 4 is 17.3 Å². The molecule has 0 bridgehead atoms. The van der Waals surface area contributed by atoms with Crippen LogP contribution in [0, 0.1) is 18.3 Å². The Balaban J connectivity index is 2.60. The van der Waals surface area contributed by atoms with E-state index in [-0.39, 0.29) is 17.1 Å². The van der Waals surface area contributed by atoms with E-state index in [1.54, 1.807) is 0 Å². The van der Waals surface area contributed by atoms with E-state index >= 15 is 0 Å². The van der Waals surface area contributed by atoms with E-state index < -0.39 is 0 Å². The van der Waals surface area contributed by atoms with Gasteiger partial charge in [-0.15, -0.1) is 6.42 Å². The largest absolute Gasteiger partial charge is 0.379 e. The molecule has 0 spiro atoms. The average Bonchev–Trinajstić information content (AvgIpc) is 2.36. The summed E-state index contributed by atoms with van der Waals surface area (Å²) in [6.07, 6.45) is 6.56. The van der Waals surface area contributed by atoms with Gasteiger partial charge in [0.1, 0.15) is 12.2 Å². The number of hydrogen-bond acceptors (Lipinski definition) is 4. The topological polar surface area (TPSA) is 56.1 Å². The third-order valence-corrected chi connectivity index (χ3v) is 2.52. The molecule has 1 N–H and O–H groups in total. The Labute approximate surface area is 117 Å². The second kappa shape index (κ2) is 7.82. The van der Waals surface area contributed by atoms with Gasteiger partial charge in [0, 0.05) is 13.2 Å². The van der Waals surface area contributed by atoms with E-state index in [2.05, 4.69) is 30.2 Å². The number of nitrogens with zero attached hydrogens (tertiary/aromatic N) is 2. The average molecular weight is 284 g/mol. The van der Waals surface area contributed by atoms with Gasteiger partial charge in [-0.3, -0.25) is 4.79 Å². The van der Waals surface area contributed by atoms with Crippen molar-refractivity contribution in [3.63, 3.8) is 0 Å². The molecule has 0 aliphatic rings. The summed E-state index contributed by atoms with van der Waals surface area (Å²) < 4.78 is 6.60. The number of hydrogen-bond donors (Lipinski definition) is 1. The zero-order valence-corrected chi connectivity index (χ0v) is 11.9. The van der Waals surface area contributed by atoms with Gasteiger partial charge < -0.3 is 10.1 Å². The van der Waals surface area contributed by atoms with Crippen LogP contribution in [0.25, 0.3) is 0 Å². The van der Waals surface area contributed by atoms with Crippen molar-refractivity contribution in [2.75, 3.05) is 25.1 Å². The van der Waals surface area contributed by atoms with Crippen LogP contribution in [0.2, 0.25) is 5.02 Å². The zero-order valence-electron chi connectivity index (χ0n) is 11.1. The maximum Gasteiger partial charge on any atom is 0.292 e. The number of rotatable bonds is 7. The lowest BCUT2D eigenvalue weighted by Crippen LogP contribution is -2.27. The first-order valence-corrected chi connectivity index (χ1v) is 6.44. The van der Waals surface area contributed by atoms with Crippen LogP contribution in [0.4, 0.5) is 5.69 Å². The smallest absolute Gasteiger partial charge is 0.292 e. The van der Waals surface area contributed by atoms with Crippen molar-refractivity contribution in [1.82, 2.24) is 9.78 Å². The fourth-order valence-electron chi connectivity index (χ4n) is 1.39. The maximum atomic E-state index is 12.0. The highest BCUT2D eigenvalue weighted by molar-refractivity contribution is 6.32. The normalized spacial score (nSPS) is 10.5. The van der Waals surface area contributed by atoms with E-state index in [1.165, 1.54) is 10.9 Å². The molecule has 0 aliphatic heterocycles. The van der Waals surface area contributed by atoms with Crippen molar-refractivity contribution in [3.05, 3.63) is 21.6 Å². The molecule has 0 atom stereocenters. The van der Waals surface area contributed by atoms with Crippen LogP contribution in [0.15, 0.2) is 11.0 Å². The van der Waals surface area contributed by atoms with Crippen LogP contribution in [0.3, 0.4) is 0 Å². The lowest BCUT2D eigenvalue weighted by molar-refractivity contribution is 0.118. The van der Waals surface area contributed by atoms with E-state index in [4.69, 9.17) is 22.8 Å². The lowest BCUT2D eigenvalue weighted by atomic mass is 10.2. The molecule has 0 radical (unpaired) electrons. The van der Waals surface area contributed by atoms with Crippen molar-refractivity contribution in [2.24, 2.45) is 5.92 Å². The van der Waals surface area contributed by atoms with Gasteiger partial charge in [0.25, 0.3) is 5.56 Å². The van der Waals surface area contributed by atoms with Gasteiger partial charge in [-0.05, 0) is 5.92 Å². The lowest BCUT2D eigenvalue weighted by Gasteiger charge is -2.10. The van der Waals surface area contributed by atoms with Crippen LogP contribution in [0.5, 0.6) is 0 Å². The zero-order chi connectivity index (χ0) is 14.3. The second-order valence-corrected chi connectivity index (χ2v) is 4.84. The molecule has 0 fully saturated rings. The monoisotopic (exact) mass is 283 g/mol. The Morgan fingerprint density at radius 2 is 2.37 bits per heavy atom. The Hall–Kier alpha value is -1.51. The molecule has 1 rings (SSSR count). The molecule has 0 aromatic carbocycles. The van der Waals surface area contributed by atoms with Gasteiger partial charge in [-0.1, -0.05) is 31.4 Å². The van der Waals surface area contributed by atoms with Crippen molar-refractivity contribution in [2.45, 2.75) is 20.4 Å². The van der Waals surface area contributed by atoms with E-state index in [1.807, 2.05) is 0 Å². The minimum absolute atomic E-state index is 0.120. The first kappa shape index (κ1) is 15.5. The fraction of sp³-hybridized carbons (Fsp3) is 0.538. The molecule has 0 unspecified atom stereocenters. The third kappa shape index (κ3) is 4.93. The fourth-order valence-corrected chi connectivity index (χ4v) is 1.59. The highest BCUT2D eigenvalue weighted by atomic mass is 35.5. The molecular formula is C13H18ClN3O2. The van der Waals surface area contributed by atoms with Crippen LogP contribution in [-0.2, 0) is 11.3 Å². The molecule has 0 saturated heterocycles. The minimum atomic E-state index is -0.325. The predicted octanol–water partition coefficient (Wildman–Crippen LogP) is 1.61. The molecular weight excluding hydrogens is 266 g/mol. The first-order valence-electron chi connectivity index (χ1n) is 6.07. The molecule has 0 saturated carbocycles. The first-order chi connectivity index (χ1) is 9.06. The number of ether oxygens (including phenoxy) is 1. The predicted molar refractivity (Wildman–Crippen MR) is 76.5 cm³/mol. The molecule has 1 heterocycles. The van der Waals surface area contributed by atoms with Gasteiger partial charge in [0.15, 0.2) is 0 Å². The van der Waals surface area contributed by atoms with Crippen molar-refractivity contribution in [1.29, 1.82) is 0 Å². The molecule has 1 aromatic heterocycles. The van der Waals surface area contributed by atoms with Crippen molar-refractivity contribution in [3.8, 4) is 12.3 Å². The van der Waals surface area contributed by atoms with Crippen LogP contribution in [-0.4, -0.2) is 29.5 Å². The second-order valence-electron chi connectivity index (χ2n) is 4.43. The van der Waals surface area contributed by atoms with E-state index in [9.17, 15) is 4.79 Å². The summed E-state index contributed by atoms with van der Waals surface area (Å²) in [5.74, 6) is 2.85. The van der Waals surface area contributed by atoms with Gasteiger partial charge in [-0.2, -0.15) is 5.10 Å². The third-order valence-electron chi connectivity index (χ3n) is 2.24. The molecule has 1 aromatic rings. The summed E-state index contributed by atoms with van der Waals surface area (Å²) in [5.41, 5.74) is -0.0191. The van der Waals surface area contributed by atoms with E-state index in [0.717, 1.165) is 0 Å². The molecule has 6 heteroatoms. The van der Waals surface area contributed by atoms with Crippen LogP contribution >= 0.6 is 11.6 Å². The minimum Gasteiger partial charge on any atom is -0.379 e. The Kier molecular flexibility index (Phi) is 6.40. The highest BCUT2D eigenvalue weighted by Crippen LogP contribution is 2.14. The van der Waals surface area contributed by atoms with E-state index in [0.29, 0.717) is 31.4 Å². The molecule has 5 nitrogen and oxygen atoms in total. The van der Waals surface area contributed by atoms with Gasteiger partial charge in [0.2, 0.25) is 0 Å². The number of halogens is 1. The number of anilines is 1. The summed E-state index contributed by atoms with van der Waals surface area (Å²) in [5, 5.41) is 7.09. The Morgan fingerprint density at radius 1 is 1.63 bits per heavy atom. The van der Waals surface area contributed by atoms with Gasteiger partial charge >= 0.3 is 0 Å². The highest BCUT2D eigenvalue weighted by Gasteiger charge is 2.08. The molecule has 104 valence electrons. The molecule has 0 amide bonds. The summed E-state index contributed by atoms with van der Waals surface area (Å²) >= 11 is 5.93. The van der Waals surface area contributed by atoms with Crippen LogP contribution < -0.4 is 10.9 Å². The molecule has 19 heavy (non-hydrogen) atoms. The van der Waals surface area contributed by atoms with Gasteiger partial charge in [-0.25, -0.2) is 4.68 Å². The van der Waals surface area contributed by atoms with Gasteiger partial charge in [0.05, 0.1) is 17.8 Å². The number of aromatic nitrogens is 2. The summed E-state index contributed by atoms with van der Waals surface area (Å²) in [4.78, 5) is 12.0. The maximum absolute atomic E-state index is 12.0. The van der Waals surface area contributed by atoms with Crippen molar-refractivity contribution < 1.29 is 4.74 Å². The molecule has 0 aliphatic carbocycles. The Bertz CT molecular complexity index is 506.